The van der Waals surface area contributed by atoms with Crippen LogP contribution in [0.2, 0.25) is 5.02 Å². The molecule has 0 fully saturated rings. The topological polar surface area (TPSA) is 56.3 Å². The molecule has 0 bridgehead atoms. The molecule has 0 atom stereocenters. The van der Waals surface area contributed by atoms with Crippen molar-refractivity contribution >= 4 is 32.6 Å². The number of rotatable bonds is 3. The summed E-state index contributed by atoms with van der Waals surface area (Å²) in [4.78, 5) is 4.30. The molecule has 4 nitrogen and oxygen atoms in total. The Morgan fingerprint density at radius 1 is 1.00 bits per heavy atom. The summed E-state index contributed by atoms with van der Waals surface area (Å²) in [6.07, 6.45) is 1.49. The van der Waals surface area contributed by atoms with E-state index in [2.05, 4.69) is 4.98 Å². The third kappa shape index (κ3) is 3.16. The first-order chi connectivity index (χ1) is 10.9. The third-order valence-electron chi connectivity index (χ3n) is 3.63. The van der Waals surface area contributed by atoms with E-state index >= 15 is 0 Å². The van der Waals surface area contributed by atoms with E-state index in [4.69, 9.17) is 15.8 Å². The minimum absolute atomic E-state index is 0.125. The van der Waals surface area contributed by atoms with Crippen LogP contribution in [0.3, 0.4) is 0 Å². The quantitative estimate of drug-likeness (QED) is 0.664. The van der Waals surface area contributed by atoms with E-state index in [1.54, 1.807) is 30.3 Å². The second-order valence-corrected chi connectivity index (χ2v) is 7.24. The Hall–Kier alpha value is -2.11. The molecule has 118 valence electrons. The Kier molecular flexibility index (Phi) is 4.00. The van der Waals surface area contributed by atoms with Crippen molar-refractivity contribution in [3.05, 3.63) is 64.8 Å². The van der Waals surface area contributed by atoms with E-state index in [1.165, 1.54) is 18.3 Å². The fourth-order valence-electron chi connectivity index (χ4n) is 2.20. The molecular formula is C17H14ClNO3S. The normalized spacial score (nSPS) is 11.6. The maximum absolute atomic E-state index is 12.5. The maximum atomic E-state index is 12.5. The molecule has 0 radical (unpaired) electrons. The number of benzene rings is 2. The summed E-state index contributed by atoms with van der Waals surface area (Å²) in [6.45, 7) is 3.78. The van der Waals surface area contributed by atoms with Gasteiger partial charge in [-0.3, -0.25) is 4.98 Å². The van der Waals surface area contributed by atoms with Crippen molar-refractivity contribution in [2.24, 2.45) is 0 Å². The number of nitrogens with zero attached hydrogens (tertiary/aromatic N) is 1. The zero-order valence-corrected chi connectivity index (χ0v) is 14.1. The van der Waals surface area contributed by atoms with Crippen molar-refractivity contribution in [2.75, 3.05) is 0 Å². The SMILES string of the molecule is Cc1ccc(S(=O)(=O)Oc2ccnc3cc(Cl)ccc23)cc1C. The molecule has 2 aromatic carbocycles. The molecule has 1 heterocycles. The summed E-state index contributed by atoms with van der Waals surface area (Å²) in [7, 11) is -3.91. The first-order valence-electron chi connectivity index (χ1n) is 6.93. The molecular weight excluding hydrogens is 334 g/mol. The predicted molar refractivity (Wildman–Crippen MR) is 90.5 cm³/mol. The lowest BCUT2D eigenvalue weighted by molar-refractivity contribution is 0.488. The lowest BCUT2D eigenvalue weighted by Gasteiger charge is -2.10. The molecule has 1 aromatic heterocycles. The lowest BCUT2D eigenvalue weighted by atomic mass is 10.1. The van der Waals surface area contributed by atoms with Gasteiger partial charge in [-0.05, 0) is 55.3 Å². The van der Waals surface area contributed by atoms with Crippen molar-refractivity contribution in [3.8, 4) is 5.75 Å². The van der Waals surface area contributed by atoms with Gasteiger partial charge in [-0.25, -0.2) is 0 Å². The number of pyridine rings is 1. The van der Waals surface area contributed by atoms with E-state index < -0.39 is 10.1 Å². The smallest absolute Gasteiger partial charge is 0.339 e. The molecule has 0 N–H and O–H groups in total. The van der Waals surface area contributed by atoms with Gasteiger partial charge in [0, 0.05) is 22.7 Å². The number of fused-ring (bicyclic) bond motifs is 1. The van der Waals surface area contributed by atoms with Crippen LogP contribution in [0.4, 0.5) is 0 Å². The number of aromatic nitrogens is 1. The summed E-state index contributed by atoms with van der Waals surface area (Å²) < 4.78 is 30.3. The summed E-state index contributed by atoms with van der Waals surface area (Å²) in [5, 5.41) is 1.11. The van der Waals surface area contributed by atoms with E-state index in [0.29, 0.717) is 15.9 Å². The fraction of sp³-hybridized carbons (Fsp3) is 0.118. The number of hydrogen-bond acceptors (Lipinski definition) is 4. The van der Waals surface area contributed by atoms with Gasteiger partial charge in [-0.15, -0.1) is 0 Å². The Labute approximate surface area is 139 Å². The first kappa shape index (κ1) is 15.8. The molecule has 0 saturated heterocycles. The van der Waals surface area contributed by atoms with Crippen LogP contribution in [0.1, 0.15) is 11.1 Å². The average molecular weight is 348 g/mol. The van der Waals surface area contributed by atoms with Crippen LogP contribution in [0.15, 0.2) is 53.6 Å². The second kappa shape index (κ2) is 5.83. The Morgan fingerprint density at radius 2 is 1.78 bits per heavy atom. The average Bonchev–Trinajstić information content (AvgIpc) is 2.49. The van der Waals surface area contributed by atoms with Crippen LogP contribution in [0.25, 0.3) is 10.9 Å². The van der Waals surface area contributed by atoms with Crippen LogP contribution < -0.4 is 4.18 Å². The van der Waals surface area contributed by atoms with E-state index in [0.717, 1.165) is 11.1 Å². The van der Waals surface area contributed by atoms with Crippen LogP contribution >= 0.6 is 11.6 Å². The molecule has 0 aliphatic rings. The Morgan fingerprint density at radius 3 is 2.52 bits per heavy atom. The lowest BCUT2D eigenvalue weighted by Crippen LogP contribution is -2.10. The highest BCUT2D eigenvalue weighted by Gasteiger charge is 2.19. The molecule has 23 heavy (non-hydrogen) atoms. The standard InChI is InChI=1S/C17H14ClNO3S/c1-11-3-5-14(9-12(11)2)23(20,21)22-17-7-8-19-16-10-13(18)4-6-15(16)17/h3-10H,1-2H3. The number of hydrogen-bond donors (Lipinski definition) is 0. The minimum atomic E-state index is -3.91. The highest BCUT2D eigenvalue weighted by Crippen LogP contribution is 2.29. The van der Waals surface area contributed by atoms with Crippen molar-refractivity contribution in [1.82, 2.24) is 4.98 Å². The van der Waals surface area contributed by atoms with E-state index in [9.17, 15) is 8.42 Å². The number of aryl methyl sites for hydroxylation is 2. The molecule has 0 spiro atoms. The minimum Gasteiger partial charge on any atom is -0.378 e. The highest BCUT2D eigenvalue weighted by atomic mass is 35.5. The van der Waals surface area contributed by atoms with Crippen LogP contribution in [-0.2, 0) is 10.1 Å². The van der Waals surface area contributed by atoms with Gasteiger partial charge in [-0.2, -0.15) is 8.42 Å². The van der Waals surface area contributed by atoms with Gasteiger partial charge in [0.05, 0.1) is 5.52 Å². The van der Waals surface area contributed by atoms with Crippen molar-refractivity contribution in [3.63, 3.8) is 0 Å². The largest absolute Gasteiger partial charge is 0.378 e. The first-order valence-corrected chi connectivity index (χ1v) is 8.71. The zero-order valence-electron chi connectivity index (χ0n) is 12.6. The second-order valence-electron chi connectivity index (χ2n) is 5.25. The molecule has 0 amide bonds. The monoisotopic (exact) mass is 347 g/mol. The summed E-state index contributed by atoms with van der Waals surface area (Å²) in [5.41, 5.74) is 2.49. The fourth-order valence-corrected chi connectivity index (χ4v) is 3.40. The molecule has 0 saturated carbocycles. The van der Waals surface area contributed by atoms with Gasteiger partial charge in [0.15, 0.2) is 5.75 Å². The number of halogens is 1. The van der Waals surface area contributed by atoms with E-state index in [-0.39, 0.29) is 10.6 Å². The zero-order chi connectivity index (χ0) is 16.6. The molecule has 6 heteroatoms. The van der Waals surface area contributed by atoms with Crippen molar-refractivity contribution in [1.29, 1.82) is 0 Å². The van der Waals surface area contributed by atoms with Gasteiger partial charge < -0.3 is 4.18 Å². The third-order valence-corrected chi connectivity index (χ3v) is 5.10. The van der Waals surface area contributed by atoms with Gasteiger partial charge >= 0.3 is 10.1 Å². The summed E-state index contributed by atoms with van der Waals surface area (Å²) in [5.74, 6) is 0.227. The van der Waals surface area contributed by atoms with Gasteiger partial charge in [-0.1, -0.05) is 17.7 Å². The molecule has 0 aliphatic carbocycles. The predicted octanol–water partition coefficient (Wildman–Crippen LogP) is 4.27. The van der Waals surface area contributed by atoms with Gasteiger partial charge in [0.1, 0.15) is 4.90 Å². The van der Waals surface area contributed by atoms with Gasteiger partial charge in [0.2, 0.25) is 0 Å². The molecule has 0 aliphatic heterocycles. The molecule has 3 aromatic rings. The van der Waals surface area contributed by atoms with Crippen molar-refractivity contribution in [2.45, 2.75) is 18.7 Å². The van der Waals surface area contributed by atoms with E-state index in [1.807, 2.05) is 13.8 Å². The van der Waals surface area contributed by atoms with Gasteiger partial charge in [0.25, 0.3) is 0 Å². The maximum Gasteiger partial charge on any atom is 0.339 e. The molecule has 0 unspecified atom stereocenters. The highest BCUT2D eigenvalue weighted by molar-refractivity contribution is 7.87. The van der Waals surface area contributed by atoms with Crippen molar-refractivity contribution < 1.29 is 12.6 Å². The van der Waals surface area contributed by atoms with Crippen LogP contribution in [0.5, 0.6) is 5.75 Å². The molecule has 3 rings (SSSR count). The Balaban J connectivity index is 2.05. The van der Waals surface area contributed by atoms with Crippen LogP contribution in [0, 0.1) is 13.8 Å². The summed E-state index contributed by atoms with van der Waals surface area (Å²) >= 11 is 5.93. The summed E-state index contributed by atoms with van der Waals surface area (Å²) in [6, 6.07) is 11.4. The van der Waals surface area contributed by atoms with Crippen LogP contribution in [-0.4, -0.2) is 13.4 Å². The Bertz CT molecular complexity index is 1000.